The van der Waals surface area contributed by atoms with E-state index in [0.29, 0.717) is 29.5 Å². The molecule has 0 aliphatic heterocycles. The van der Waals surface area contributed by atoms with Crippen molar-refractivity contribution in [3.05, 3.63) is 58.5 Å². The molecule has 0 aliphatic rings. The maximum Gasteiger partial charge on any atom is 0.254 e. The van der Waals surface area contributed by atoms with Crippen LogP contribution in [0.2, 0.25) is 0 Å². The highest BCUT2D eigenvalue weighted by atomic mass is 32.2. The lowest BCUT2D eigenvalue weighted by Gasteiger charge is -2.20. The number of hydrogen-bond acceptors (Lipinski definition) is 6. The summed E-state index contributed by atoms with van der Waals surface area (Å²) in [5.41, 5.74) is 1.15. The molecule has 3 rings (SSSR count). The second kappa shape index (κ2) is 9.52. The van der Waals surface area contributed by atoms with Crippen LogP contribution in [0.3, 0.4) is 0 Å². The summed E-state index contributed by atoms with van der Waals surface area (Å²) in [4.78, 5) is 28.0. The van der Waals surface area contributed by atoms with Gasteiger partial charge in [-0.05, 0) is 36.6 Å². The van der Waals surface area contributed by atoms with Gasteiger partial charge in [0.15, 0.2) is 5.16 Å². The van der Waals surface area contributed by atoms with Gasteiger partial charge in [-0.3, -0.25) is 9.59 Å². The summed E-state index contributed by atoms with van der Waals surface area (Å²) in [6.07, 6.45) is 1.59. The van der Waals surface area contributed by atoms with E-state index in [9.17, 15) is 9.59 Å². The Morgan fingerprint density at radius 3 is 2.82 bits per heavy atom. The van der Waals surface area contributed by atoms with E-state index in [4.69, 9.17) is 0 Å². The summed E-state index contributed by atoms with van der Waals surface area (Å²) >= 11 is 2.94. The average Bonchev–Trinajstić information content (AvgIpc) is 3.35. The molecule has 2 amide bonds. The topological polar surface area (TPSA) is 80.1 Å². The lowest BCUT2D eigenvalue weighted by atomic mass is 10.1. The van der Waals surface area contributed by atoms with Gasteiger partial charge < -0.3 is 14.8 Å². The predicted octanol–water partition coefficient (Wildman–Crippen LogP) is 3.27. The third-order valence-corrected chi connectivity index (χ3v) is 5.89. The van der Waals surface area contributed by atoms with E-state index in [0.717, 1.165) is 4.88 Å². The highest BCUT2D eigenvalue weighted by Crippen LogP contribution is 2.18. The second-order valence-electron chi connectivity index (χ2n) is 6.04. The van der Waals surface area contributed by atoms with E-state index < -0.39 is 0 Å². The first-order valence-corrected chi connectivity index (χ1v) is 10.6. The smallest absolute Gasteiger partial charge is 0.254 e. The van der Waals surface area contributed by atoms with Crippen LogP contribution in [0.4, 0.5) is 5.69 Å². The highest BCUT2D eigenvalue weighted by molar-refractivity contribution is 7.99. The molecule has 2 aromatic heterocycles. The molecule has 0 unspecified atom stereocenters. The molecule has 146 valence electrons. The lowest BCUT2D eigenvalue weighted by Crippen LogP contribution is -2.30. The van der Waals surface area contributed by atoms with Crippen LogP contribution in [0.15, 0.2) is 53.3 Å². The summed E-state index contributed by atoms with van der Waals surface area (Å²) in [6.45, 7) is 3.15. The Hall–Kier alpha value is -2.65. The molecule has 0 spiro atoms. The lowest BCUT2D eigenvalue weighted by molar-refractivity contribution is -0.113. The summed E-state index contributed by atoms with van der Waals surface area (Å²) in [5.74, 6) is -0.00606. The quantitative estimate of drug-likeness (QED) is 0.571. The molecule has 0 saturated carbocycles. The zero-order chi connectivity index (χ0) is 19.9. The molecule has 0 radical (unpaired) electrons. The molecule has 28 heavy (non-hydrogen) atoms. The van der Waals surface area contributed by atoms with Crippen molar-refractivity contribution >= 4 is 40.6 Å². The Bertz CT molecular complexity index is 939. The van der Waals surface area contributed by atoms with E-state index in [-0.39, 0.29) is 17.6 Å². The summed E-state index contributed by atoms with van der Waals surface area (Å²) in [5, 5.41) is 13.2. The van der Waals surface area contributed by atoms with Gasteiger partial charge in [0.25, 0.3) is 5.91 Å². The number of nitrogens with zero attached hydrogens (tertiary/aromatic N) is 4. The number of benzene rings is 1. The van der Waals surface area contributed by atoms with Crippen molar-refractivity contribution in [3.8, 4) is 0 Å². The van der Waals surface area contributed by atoms with Crippen LogP contribution in [0.25, 0.3) is 0 Å². The molecule has 0 bridgehead atoms. The Morgan fingerprint density at radius 1 is 1.29 bits per heavy atom. The van der Waals surface area contributed by atoms with Crippen LogP contribution in [-0.2, 0) is 18.4 Å². The fourth-order valence-corrected chi connectivity index (χ4v) is 3.97. The van der Waals surface area contributed by atoms with Gasteiger partial charge in [-0.1, -0.05) is 23.9 Å². The minimum absolute atomic E-state index is 0.0551. The van der Waals surface area contributed by atoms with E-state index in [1.807, 2.05) is 31.5 Å². The van der Waals surface area contributed by atoms with Gasteiger partial charge in [-0.15, -0.1) is 21.5 Å². The van der Waals surface area contributed by atoms with Crippen molar-refractivity contribution in [1.82, 2.24) is 19.7 Å². The SMILES string of the molecule is CCN(Cc1cccs1)C(=O)c1cccc(NC(=O)CSc2nncn2C)c1. The number of hydrogen-bond donors (Lipinski definition) is 1. The number of aryl methyl sites for hydroxylation is 1. The van der Waals surface area contributed by atoms with Crippen molar-refractivity contribution in [2.24, 2.45) is 7.05 Å². The molecule has 7 nitrogen and oxygen atoms in total. The molecule has 1 aromatic carbocycles. The molecular formula is C19H21N5O2S2. The number of carbonyl (C=O) groups is 2. The van der Waals surface area contributed by atoms with Crippen LogP contribution in [0.1, 0.15) is 22.2 Å². The van der Waals surface area contributed by atoms with Gasteiger partial charge in [0, 0.05) is 29.7 Å². The summed E-state index contributed by atoms with van der Waals surface area (Å²) in [7, 11) is 1.82. The van der Waals surface area contributed by atoms with Gasteiger partial charge >= 0.3 is 0 Å². The molecule has 0 aliphatic carbocycles. The fraction of sp³-hybridized carbons (Fsp3) is 0.263. The largest absolute Gasteiger partial charge is 0.334 e. The van der Waals surface area contributed by atoms with Crippen molar-refractivity contribution in [3.63, 3.8) is 0 Å². The fourth-order valence-electron chi connectivity index (χ4n) is 2.56. The van der Waals surface area contributed by atoms with Gasteiger partial charge in [0.2, 0.25) is 5.91 Å². The Kier molecular flexibility index (Phi) is 6.83. The van der Waals surface area contributed by atoms with Crippen LogP contribution >= 0.6 is 23.1 Å². The maximum absolute atomic E-state index is 12.9. The molecule has 0 saturated heterocycles. The summed E-state index contributed by atoms with van der Waals surface area (Å²) < 4.78 is 1.75. The molecular weight excluding hydrogens is 394 g/mol. The highest BCUT2D eigenvalue weighted by Gasteiger charge is 2.16. The Labute approximate surface area is 171 Å². The van der Waals surface area contributed by atoms with Crippen LogP contribution < -0.4 is 5.32 Å². The number of nitrogens with one attached hydrogen (secondary N) is 1. The monoisotopic (exact) mass is 415 g/mol. The minimum atomic E-state index is -0.163. The van der Waals surface area contributed by atoms with E-state index in [1.54, 1.807) is 51.4 Å². The van der Waals surface area contributed by atoms with Crippen molar-refractivity contribution in [1.29, 1.82) is 0 Å². The third-order valence-electron chi connectivity index (χ3n) is 3.99. The van der Waals surface area contributed by atoms with E-state index >= 15 is 0 Å². The first-order valence-electron chi connectivity index (χ1n) is 8.75. The molecule has 3 aromatic rings. The zero-order valence-corrected chi connectivity index (χ0v) is 17.3. The molecule has 0 fully saturated rings. The van der Waals surface area contributed by atoms with Crippen molar-refractivity contribution in [2.75, 3.05) is 17.6 Å². The molecule has 1 N–H and O–H groups in total. The Balaban J connectivity index is 1.61. The number of carbonyl (C=O) groups excluding carboxylic acids is 2. The summed E-state index contributed by atoms with van der Waals surface area (Å²) in [6, 6.07) is 11.0. The molecule has 9 heteroatoms. The number of thiophene rings is 1. The van der Waals surface area contributed by atoms with Crippen LogP contribution in [0.5, 0.6) is 0 Å². The van der Waals surface area contributed by atoms with Gasteiger partial charge in [-0.2, -0.15) is 0 Å². The standard InChI is InChI=1S/C19H21N5O2S2/c1-3-24(11-16-8-5-9-27-16)18(26)14-6-4-7-15(10-14)21-17(25)12-28-19-22-20-13-23(19)2/h4-10,13H,3,11-12H2,1-2H3,(H,21,25). The second-order valence-corrected chi connectivity index (χ2v) is 8.02. The Morgan fingerprint density at radius 2 is 2.14 bits per heavy atom. The minimum Gasteiger partial charge on any atom is -0.334 e. The van der Waals surface area contributed by atoms with Gasteiger partial charge in [0.05, 0.1) is 12.3 Å². The number of thioether (sulfide) groups is 1. The van der Waals surface area contributed by atoms with Gasteiger partial charge in [-0.25, -0.2) is 0 Å². The van der Waals surface area contributed by atoms with Gasteiger partial charge in [0.1, 0.15) is 6.33 Å². The van der Waals surface area contributed by atoms with Crippen molar-refractivity contribution < 1.29 is 9.59 Å². The maximum atomic E-state index is 12.9. The van der Waals surface area contributed by atoms with Crippen molar-refractivity contribution in [2.45, 2.75) is 18.6 Å². The average molecular weight is 416 g/mol. The normalized spacial score (nSPS) is 10.6. The third kappa shape index (κ3) is 5.20. The number of rotatable bonds is 8. The number of anilines is 1. The molecule has 0 atom stereocenters. The first kappa shape index (κ1) is 20.1. The zero-order valence-electron chi connectivity index (χ0n) is 15.7. The van der Waals surface area contributed by atoms with E-state index in [1.165, 1.54) is 11.8 Å². The predicted molar refractivity (Wildman–Crippen MR) is 112 cm³/mol. The number of amides is 2. The van der Waals surface area contributed by atoms with E-state index in [2.05, 4.69) is 15.5 Å². The number of aromatic nitrogens is 3. The van der Waals surface area contributed by atoms with Crippen LogP contribution in [-0.4, -0.2) is 43.8 Å². The van der Waals surface area contributed by atoms with Crippen LogP contribution in [0, 0.1) is 0 Å². The first-order chi connectivity index (χ1) is 13.6. The molecule has 2 heterocycles.